The summed E-state index contributed by atoms with van der Waals surface area (Å²) in [5.41, 5.74) is 0.627. The minimum absolute atomic E-state index is 0.352. The Morgan fingerprint density at radius 2 is 1.84 bits per heavy atom. The van der Waals surface area contributed by atoms with Gasteiger partial charge in [0.1, 0.15) is 5.60 Å². The Balaban J connectivity index is 2.01. The number of aromatic nitrogens is 1. The standard InChI is InChI=1S/C14H23N3O2/c1-14(2,3)19-13(18)17-9-5-4-8-16-12-6-10-15-11-7-12/h6-7,10-11H,4-5,8-9H2,1-3H3,(H,15,16)(H,17,18). The molecule has 0 aliphatic carbocycles. The molecule has 0 saturated carbocycles. The molecule has 19 heavy (non-hydrogen) atoms. The Morgan fingerprint density at radius 3 is 2.47 bits per heavy atom. The van der Waals surface area contributed by atoms with E-state index in [1.807, 2.05) is 32.9 Å². The molecule has 1 heterocycles. The van der Waals surface area contributed by atoms with Gasteiger partial charge in [-0.05, 0) is 45.7 Å². The molecule has 0 atom stereocenters. The van der Waals surface area contributed by atoms with E-state index in [4.69, 9.17) is 4.74 Å². The zero-order valence-electron chi connectivity index (χ0n) is 11.9. The van der Waals surface area contributed by atoms with Crippen LogP contribution in [0.15, 0.2) is 24.5 Å². The molecule has 106 valence electrons. The first-order chi connectivity index (χ1) is 8.97. The van der Waals surface area contributed by atoms with E-state index < -0.39 is 5.60 Å². The highest BCUT2D eigenvalue weighted by molar-refractivity contribution is 5.67. The van der Waals surface area contributed by atoms with Gasteiger partial charge in [0, 0.05) is 31.2 Å². The van der Waals surface area contributed by atoms with E-state index >= 15 is 0 Å². The predicted molar refractivity (Wildman–Crippen MR) is 76.2 cm³/mol. The number of ether oxygens (including phenoxy) is 1. The molecule has 0 radical (unpaired) electrons. The highest BCUT2D eigenvalue weighted by Gasteiger charge is 2.15. The lowest BCUT2D eigenvalue weighted by Crippen LogP contribution is -2.33. The zero-order chi connectivity index (χ0) is 14.1. The second-order valence-electron chi connectivity index (χ2n) is 5.30. The zero-order valence-corrected chi connectivity index (χ0v) is 11.9. The number of alkyl carbamates (subject to hydrolysis) is 1. The molecule has 0 spiro atoms. The molecular formula is C14H23N3O2. The van der Waals surface area contributed by atoms with E-state index in [0.29, 0.717) is 6.54 Å². The predicted octanol–water partition coefficient (Wildman–Crippen LogP) is 2.80. The summed E-state index contributed by atoms with van der Waals surface area (Å²) in [4.78, 5) is 15.3. The summed E-state index contributed by atoms with van der Waals surface area (Å²) in [6.07, 6.45) is 5.06. The molecule has 1 rings (SSSR count). The third kappa shape index (κ3) is 8.02. The third-order valence-electron chi connectivity index (χ3n) is 2.28. The van der Waals surface area contributed by atoms with Crippen molar-refractivity contribution in [3.8, 4) is 0 Å². The normalized spacial score (nSPS) is 10.9. The summed E-state index contributed by atoms with van der Waals surface area (Å²) in [6.45, 7) is 7.06. The molecule has 0 bridgehead atoms. The fraction of sp³-hybridized carbons (Fsp3) is 0.571. The third-order valence-corrected chi connectivity index (χ3v) is 2.28. The Labute approximate surface area is 114 Å². The van der Waals surface area contributed by atoms with Gasteiger partial charge in [-0.3, -0.25) is 4.98 Å². The molecule has 0 aliphatic rings. The molecule has 5 heteroatoms. The van der Waals surface area contributed by atoms with Gasteiger partial charge < -0.3 is 15.4 Å². The number of unbranched alkanes of at least 4 members (excludes halogenated alkanes) is 1. The first-order valence-electron chi connectivity index (χ1n) is 6.58. The van der Waals surface area contributed by atoms with Crippen LogP contribution in [0.1, 0.15) is 33.6 Å². The lowest BCUT2D eigenvalue weighted by atomic mass is 10.2. The number of anilines is 1. The van der Waals surface area contributed by atoms with Gasteiger partial charge in [0.2, 0.25) is 0 Å². The lowest BCUT2D eigenvalue weighted by Gasteiger charge is -2.19. The molecule has 0 fully saturated rings. The number of carbonyl (C=O) groups excluding carboxylic acids is 1. The van der Waals surface area contributed by atoms with Crippen LogP contribution in [0.5, 0.6) is 0 Å². The van der Waals surface area contributed by atoms with E-state index in [9.17, 15) is 4.79 Å². The molecule has 0 unspecified atom stereocenters. The van der Waals surface area contributed by atoms with E-state index in [2.05, 4.69) is 15.6 Å². The number of nitrogens with one attached hydrogen (secondary N) is 2. The summed E-state index contributed by atoms with van der Waals surface area (Å²) < 4.78 is 5.14. The van der Waals surface area contributed by atoms with Crippen molar-refractivity contribution < 1.29 is 9.53 Å². The van der Waals surface area contributed by atoms with Gasteiger partial charge in [-0.25, -0.2) is 4.79 Å². The van der Waals surface area contributed by atoms with Crippen molar-refractivity contribution in [3.63, 3.8) is 0 Å². The monoisotopic (exact) mass is 265 g/mol. The topological polar surface area (TPSA) is 63.2 Å². The summed E-state index contributed by atoms with van der Waals surface area (Å²) in [6, 6.07) is 3.86. The van der Waals surface area contributed by atoms with Crippen molar-refractivity contribution in [3.05, 3.63) is 24.5 Å². The van der Waals surface area contributed by atoms with Gasteiger partial charge in [-0.1, -0.05) is 0 Å². The van der Waals surface area contributed by atoms with Crippen LogP contribution in [0.3, 0.4) is 0 Å². The fourth-order valence-corrected chi connectivity index (χ4v) is 1.46. The average molecular weight is 265 g/mol. The van der Waals surface area contributed by atoms with Crippen LogP contribution >= 0.6 is 0 Å². The van der Waals surface area contributed by atoms with E-state index in [-0.39, 0.29) is 6.09 Å². The number of nitrogens with zero attached hydrogens (tertiary/aromatic N) is 1. The van der Waals surface area contributed by atoms with Gasteiger partial charge in [0.05, 0.1) is 0 Å². The van der Waals surface area contributed by atoms with E-state index in [1.54, 1.807) is 12.4 Å². The van der Waals surface area contributed by atoms with Crippen molar-refractivity contribution in [2.75, 3.05) is 18.4 Å². The van der Waals surface area contributed by atoms with Crippen molar-refractivity contribution in [2.24, 2.45) is 0 Å². The van der Waals surface area contributed by atoms with E-state index in [0.717, 1.165) is 25.1 Å². The molecule has 5 nitrogen and oxygen atoms in total. The Morgan fingerprint density at radius 1 is 1.21 bits per heavy atom. The van der Waals surface area contributed by atoms with Crippen LogP contribution in [-0.2, 0) is 4.74 Å². The molecule has 0 aliphatic heterocycles. The summed E-state index contributed by atoms with van der Waals surface area (Å²) in [7, 11) is 0. The molecule has 0 aromatic carbocycles. The highest BCUT2D eigenvalue weighted by atomic mass is 16.6. The number of rotatable bonds is 6. The van der Waals surface area contributed by atoms with Crippen LogP contribution in [0, 0.1) is 0 Å². The first-order valence-corrected chi connectivity index (χ1v) is 6.58. The van der Waals surface area contributed by atoms with Crippen molar-refractivity contribution in [2.45, 2.75) is 39.2 Å². The van der Waals surface area contributed by atoms with Crippen molar-refractivity contribution >= 4 is 11.8 Å². The largest absolute Gasteiger partial charge is 0.444 e. The Kier molecular flexibility index (Phi) is 6.12. The second kappa shape index (κ2) is 7.61. The fourth-order valence-electron chi connectivity index (χ4n) is 1.46. The number of carbonyl (C=O) groups is 1. The first kappa shape index (κ1) is 15.3. The molecule has 1 aromatic rings. The van der Waals surface area contributed by atoms with Crippen LogP contribution in [-0.4, -0.2) is 29.8 Å². The Bertz CT molecular complexity index is 374. The molecule has 1 aromatic heterocycles. The minimum Gasteiger partial charge on any atom is -0.444 e. The van der Waals surface area contributed by atoms with Crippen LogP contribution in [0.2, 0.25) is 0 Å². The smallest absolute Gasteiger partial charge is 0.407 e. The van der Waals surface area contributed by atoms with Gasteiger partial charge >= 0.3 is 6.09 Å². The maximum absolute atomic E-state index is 11.4. The second-order valence-corrected chi connectivity index (χ2v) is 5.30. The lowest BCUT2D eigenvalue weighted by molar-refractivity contribution is 0.0527. The number of hydrogen-bond donors (Lipinski definition) is 2. The Hall–Kier alpha value is -1.78. The molecule has 1 amide bonds. The van der Waals surface area contributed by atoms with Crippen LogP contribution < -0.4 is 10.6 Å². The summed E-state index contributed by atoms with van der Waals surface area (Å²) >= 11 is 0. The van der Waals surface area contributed by atoms with Crippen molar-refractivity contribution in [1.29, 1.82) is 0 Å². The van der Waals surface area contributed by atoms with Gasteiger partial charge in [-0.2, -0.15) is 0 Å². The van der Waals surface area contributed by atoms with Crippen molar-refractivity contribution in [1.82, 2.24) is 10.3 Å². The number of amides is 1. The minimum atomic E-state index is -0.438. The molecular weight excluding hydrogens is 242 g/mol. The number of pyridine rings is 1. The summed E-state index contributed by atoms with van der Waals surface area (Å²) in [5.74, 6) is 0. The molecule has 2 N–H and O–H groups in total. The van der Waals surface area contributed by atoms with Gasteiger partial charge in [0.15, 0.2) is 0 Å². The summed E-state index contributed by atoms with van der Waals surface area (Å²) in [5, 5.41) is 6.03. The average Bonchev–Trinajstić information content (AvgIpc) is 2.32. The molecule has 0 saturated heterocycles. The van der Waals surface area contributed by atoms with Crippen LogP contribution in [0.4, 0.5) is 10.5 Å². The van der Waals surface area contributed by atoms with Crippen LogP contribution in [0.25, 0.3) is 0 Å². The quantitative estimate of drug-likeness (QED) is 0.776. The highest BCUT2D eigenvalue weighted by Crippen LogP contribution is 2.06. The maximum atomic E-state index is 11.4. The van der Waals surface area contributed by atoms with E-state index in [1.165, 1.54) is 0 Å². The van der Waals surface area contributed by atoms with Gasteiger partial charge in [0.25, 0.3) is 0 Å². The van der Waals surface area contributed by atoms with Gasteiger partial charge in [-0.15, -0.1) is 0 Å². The maximum Gasteiger partial charge on any atom is 0.407 e. The SMILES string of the molecule is CC(C)(C)OC(=O)NCCCCNc1ccncc1. The number of hydrogen-bond acceptors (Lipinski definition) is 4.